The van der Waals surface area contributed by atoms with Crippen molar-refractivity contribution in [1.82, 2.24) is 9.38 Å². The summed E-state index contributed by atoms with van der Waals surface area (Å²) in [5, 5.41) is 0.823. The van der Waals surface area contributed by atoms with Gasteiger partial charge in [-0.3, -0.25) is 4.40 Å². The Balaban J connectivity index is 1.88. The summed E-state index contributed by atoms with van der Waals surface area (Å²) >= 11 is 0. The van der Waals surface area contributed by atoms with Gasteiger partial charge in [-0.25, -0.2) is 9.78 Å². The van der Waals surface area contributed by atoms with Crippen LogP contribution < -0.4 is 4.74 Å². The minimum atomic E-state index is -0.370. The Morgan fingerprint density at radius 3 is 2.33 bits per heavy atom. The third-order valence-electron chi connectivity index (χ3n) is 5.80. The number of rotatable bonds is 5. The summed E-state index contributed by atoms with van der Waals surface area (Å²) in [6, 6.07) is 26.1. The van der Waals surface area contributed by atoms with Crippen molar-refractivity contribution in [2.24, 2.45) is 0 Å². The molecule has 0 atom stereocenters. The van der Waals surface area contributed by atoms with Gasteiger partial charge in [-0.1, -0.05) is 48.0 Å². The molecule has 0 aliphatic heterocycles. The Bertz CT molecular complexity index is 1470. The molecule has 0 N–H and O–H groups in total. The van der Waals surface area contributed by atoms with Crippen LogP contribution in [0.4, 0.5) is 0 Å². The lowest BCUT2D eigenvalue weighted by atomic mass is 10.1. The summed E-state index contributed by atoms with van der Waals surface area (Å²) in [5.74, 6) is 0.407. The molecule has 0 fully saturated rings. The monoisotopic (exact) mass is 436 g/mol. The zero-order valence-corrected chi connectivity index (χ0v) is 18.8. The number of benzene rings is 3. The minimum absolute atomic E-state index is 0.299. The van der Waals surface area contributed by atoms with Crippen molar-refractivity contribution in [2.45, 2.75) is 13.8 Å². The van der Waals surface area contributed by atoms with E-state index in [-0.39, 0.29) is 5.97 Å². The maximum Gasteiger partial charge on any atom is 0.342 e. The molecule has 0 aliphatic carbocycles. The van der Waals surface area contributed by atoms with E-state index in [1.807, 2.05) is 55.5 Å². The number of carbonyl (C=O) groups excluding carboxylic acids is 1. The fourth-order valence-electron chi connectivity index (χ4n) is 4.17. The molecular weight excluding hydrogens is 412 g/mol. The standard InChI is InChI=1S/C28H24N2O3/c1-4-33-28(31)26-22-7-5-6-8-24(22)30-25(20-11-9-18(2)10-12-20)17-23(29-27(26)30)19-13-15-21(32-3)16-14-19/h5-17H,4H2,1-3H3. The molecule has 0 unspecified atom stereocenters. The minimum Gasteiger partial charge on any atom is -0.497 e. The van der Waals surface area contributed by atoms with Crippen LogP contribution in [0.25, 0.3) is 39.1 Å². The van der Waals surface area contributed by atoms with Crippen LogP contribution in [0.15, 0.2) is 78.9 Å². The van der Waals surface area contributed by atoms with E-state index >= 15 is 0 Å². The highest BCUT2D eigenvalue weighted by molar-refractivity contribution is 6.11. The molecule has 0 saturated carbocycles. The van der Waals surface area contributed by atoms with Gasteiger partial charge in [-0.15, -0.1) is 0 Å². The van der Waals surface area contributed by atoms with Gasteiger partial charge in [0.25, 0.3) is 0 Å². The molecule has 5 nitrogen and oxygen atoms in total. The molecule has 33 heavy (non-hydrogen) atoms. The van der Waals surface area contributed by atoms with Gasteiger partial charge < -0.3 is 9.47 Å². The number of esters is 1. The Morgan fingerprint density at radius 2 is 1.64 bits per heavy atom. The second-order valence-corrected chi connectivity index (χ2v) is 7.89. The average Bonchev–Trinajstić information content (AvgIpc) is 3.18. The second kappa shape index (κ2) is 8.43. The predicted molar refractivity (Wildman–Crippen MR) is 131 cm³/mol. The van der Waals surface area contributed by atoms with E-state index in [9.17, 15) is 4.79 Å². The normalized spacial score (nSPS) is 11.1. The van der Waals surface area contributed by atoms with Gasteiger partial charge in [0.15, 0.2) is 5.65 Å². The van der Waals surface area contributed by atoms with Crippen molar-refractivity contribution in [2.75, 3.05) is 13.7 Å². The number of fused-ring (bicyclic) bond motifs is 3. The Labute approximate surface area is 192 Å². The summed E-state index contributed by atoms with van der Waals surface area (Å²) in [6.45, 7) is 4.18. The fraction of sp³-hybridized carbons (Fsp3) is 0.143. The smallest absolute Gasteiger partial charge is 0.342 e. The number of carbonyl (C=O) groups is 1. The average molecular weight is 437 g/mol. The van der Waals surface area contributed by atoms with Gasteiger partial charge in [-0.2, -0.15) is 0 Å². The van der Waals surface area contributed by atoms with Crippen molar-refractivity contribution in [1.29, 1.82) is 0 Å². The van der Waals surface area contributed by atoms with Crippen LogP contribution >= 0.6 is 0 Å². The van der Waals surface area contributed by atoms with Crippen LogP contribution in [0.5, 0.6) is 5.75 Å². The number of hydrogen-bond donors (Lipinski definition) is 0. The highest BCUT2D eigenvalue weighted by Crippen LogP contribution is 2.34. The first-order valence-electron chi connectivity index (χ1n) is 10.9. The molecule has 0 amide bonds. The summed E-state index contributed by atoms with van der Waals surface area (Å²) < 4.78 is 12.8. The number of methoxy groups -OCH3 is 1. The highest BCUT2D eigenvalue weighted by atomic mass is 16.5. The van der Waals surface area contributed by atoms with Crippen LogP contribution in [-0.4, -0.2) is 29.1 Å². The van der Waals surface area contributed by atoms with E-state index in [0.29, 0.717) is 17.8 Å². The third kappa shape index (κ3) is 3.61. The van der Waals surface area contributed by atoms with E-state index in [1.165, 1.54) is 5.56 Å². The Morgan fingerprint density at radius 1 is 0.939 bits per heavy atom. The third-order valence-corrected chi connectivity index (χ3v) is 5.80. The van der Waals surface area contributed by atoms with Crippen LogP contribution in [-0.2, 0) is 4.74 Å². The molecule has 2 aromatic heterocycles. The summed E-state index contributed by atoms with van der Waals surface area (Å²) in [4.78, 5) is 18.0. The lowest BCUT2D eigenvalue weighted by Crippen LogP contribution is -2.06. The molecule has 5 aromatic rings. The highest BCUT2D eigenvalue weighted by Gasteiger charge is 2.23. The van der Waals surface area contributed by atoms with Crippen LogP contribution in [0.1, 0.15) is 22.8 Å². The van der Waals surface area contributed by atoms with Gasteiger partial charge in [0, 0.05) is 10.9 Å². The molecule has 0 bridgehead atoms. The van der Waals surface area contributed by atoms with Gasteiger partial charge in [0.1, 0.15) is 11.3 Å². The van der Waals surface area contributed by atoms with Gasteiger partial charge in [0.05, 0.1) is 30.6 Å². The van der Waals surface area contributed by atoms with E-state index < -0.39 is 0 Å². The first-order valence-corrected chi connectivity index (χ1v) is 10.9. The van der Waals surface area contributed by atoms with E-state index in [1.54, 1.807) is 7.11 Å². The summed E-state index contributed by atoms with van der Waals surface area (Å²) in [7, 11) is 1.65. The lowest BCUT2D eigenvalue weighted by molar-refractivity contribution is 0.0530. The number of para-hydroxylation sites is 1. The SMILES string of the molecule is CCOC(=O)c1c2ccccc2n2c(-c3ccc(C)cc3)cc(-c3ccc(OC)cc3)nc12. The van der Waals surface area contributed by atoms with E-state index in [2.05, 4.69) is 41.7 Å². The Hall–Kier alpha value is -4.12. The molecule has 0 aliphatic rings. The number of nitrogens with zero attached hydrogens (tertiary/aromatic N) is 2. The summed E-state index contributed by atoms with van der Waals surface area (Å²) in [6.07, 6.45) is 0. The predicted octanol–water partition coefficient (Wildman–Crippen LogP) is 6.32. The molecule has 0 saturated heterocycles. The first kappa shape index (κ1) is 20.8. The van der Waals surface area contributed by atoms with Crippen LogP contribution in [0, 0.1) is 6.92 Å². The molecular formula is C28H24N2O3. The van der Waals surface area contributed by atoms with Crippen molar-refractivity contribution in [3.05, 3.63) is 90.0 Å². The number of aryl methyl sites for hydroxylation is 1. The number of aromatic nitrogens is 2. The molecule has 0 spiro atoms. The maximum atomic E-state index is 13.1. The van der Waals surface area contributed by atoms with E-state index in [4.69, 9.17) is 14.5 Å². The second-order valence-electron chi connectivity index (χ2n) is 7.89. The fourth-order valence-corrected chi connectivity index (χ4v) is 4.17. The van der Waals surface area contributed by atoms with Gasteiger partial charge in [0.2, 0.25) is 0 Å². The molecule has 3 aromatic carbocycles. The molecule has 0 radical (unpaired) electrons. The largest absolute Gasteiger partial charge is 0.497 e. The van der Waals surface area contributed by atoms with E-state index in [0.717, 1.165) is 39.2 Å². The topological polar surface area (TPSA) is 52.8 Å². The van der Waals surface area contributed by atoms with Crippen molar-refractivity contribution in [3.63, 3.8) is 0 Å². The number of ether oxygens (including phenoxy) is 2. The first-order chi connectivity index (χ1) is 16.1. The quantitative estimate of drug-likeness (QED) is 0.303. The lowest BCUT2D eigenvalue weighted by Gasteiger charge is -2.12. The molecule has 5 rings (SSSR count). The zero-order valence-electron chi connectivity index (χ0n) is 18.8. The van der Waals surface area contributed by atoms with Crippen molar-refractivity contribution < 1.29 is 14.3 Å². The van der Waals surface area contributed by atoms with Gasteiger partial charge in [-0.05, 0) is 55.8 Å². The summed E-state index contributed by atoms with van der Waals surface area (Å²) in [5.41, 5.74) is 6.87. The number of hydrogen-bond acceptors (Lipinski definition) is 4. The Kier molecular flexibility index (Phi) is 5.31. The zero-order chi connectivity index (χ0) is 22.9. The molecule has 2 heterocycles. The van der Waals surface area contributed by atoms with Crippen LogP contribution in [0.3, 0.4) is 0 Å². The maximum absolute atomic E-state index is 13.1. The van der Waals surface area contributed by atoms with Gasteiger partial charge >= 0.3 is 5.97 Å². The van der Waals surface area contributed by atoms with Crippen molar-refractivity contribution >= 4 is 22.5 Å². The van der Waals surface area contributed by atoms with Crippen LogP contribution in [0.2, 0.25) is 0 Å². The van der Waals surface area contributed by atoms with Crippen molar-refractivity contribution in [3.8, 4) is 28.3 Å². The molecule has 164 valence electrons. The molecule has 5 heteroatoms.